The Morgan fingerprint density at radius 2 is 2.20 bits per heavy atom. The SMILES string of the molecule is Cc1c(Br)cnn1CC(=O)Nc1ccn(Cc2ccc(F)cc2Cl)n1. The van der Waals surface area contributed by atoms with Crippen LogP contribution in [0.1, 0.15) is 11.3 Å². The summed E-state index contributed by atoms with van der Waals surface area (Å²) in [6.45, 7) is 2.33. The van der Waals surface area contributed by atoms with Crippen LogP contribution in [0.5, 0.6) is 0 Å². The summed E-state index contributed by atoms with van der Waals surface area (Å²) in [5.74, 6) is -0.196. The first-order chi connectivity index (χ1) is 11.9. The molecule has 3 rings (SSSR count). The van der Waals surface area contributed by atoms with Crippen LogP contribution in [-0.4, -0.2) is 25.5 Å². The van der Waals surface area contributed by atoms with Crippen LogP contribution < -0.4 is 5.32 Å². The van der Waals surface area contributed by atoms with Gasteiger partial charge in [0.2, 0.25) is 5.91 Å². The lowest BCUT2D eigenvalue weighted by molar-refractivity contribution is -0.117. The van der Waals surface area contributed by atoms with Crippen LogP contribution in [0.15, 0.2) is 41.1 Å². The van der Waals surface area contributed by atoms with Crippen molar-refractivity contribution in [3.05, 3.63) is 63.2 Å². The van der Waals surface area contributed by atoms with E-state index in [1.54, 1.807) is 33.9 Å². The first-order valence-corrected chi connectivity index (χ1v) is 8.54. The number of halogens is 3. The maximum Gasteiger partial charge on any atom is 0.247 e. The molecule has 3 aromatic rings. The van der Waals surface area contributed by atoms with Gasteiger partial charge in [-0.2, -0.15) is 10.2 Å². The molecule has 130 valence electrons. The molecule has 0 spiro atoms. The summed E-state index contributed by atoms with van der Waals surface area (Å²) in [4.78, 5) is 12.1. The lowest BCUT2D eigenvalue weighted by atomic mass is 10.2. The zero-order valence-electron chi connectivity index (χ0n) is 13.2. The molecule has 0 saturated carbocycles. The van der Waals surface area contributed by atoms with E-state index < -0.39 is 0 Å². The minimum Gasteiger partial charge on any atom is -0.308 e. The van der Waals surface area contributed by atoms with Crippen molar-refractivity contribution in [3.63, 3.8) is 0 Å². The molecule has 0 aliphatic carbocycles. The van der Waals surface area contributed by atoms with E-state index in [0.29, 0.717) is 17.4 Å². The van der Waals surface area contributed by atoms with Crippen molar-refractivity contribution in [2.45, 2.75) is 20.0 Å². The van der Waals surface area contributed by atoms with Gasteiger partial charge < -0.3 is 5.32 Å². The normalized spacial score (nSPS) is 10.9. The molecule has 1 amide bonds. The quantitative estimate of drug-likeness (QED) is 0.677. The summed E-state index contributed by atoms with van der Waals surface area (Å²) < 4.78 is 17.1. The number of rotatable bonds is 5. The van der Waals surface area contributed by atoms with E-state index in [1.807, 2.05) is 6.92 Å². The van der Waals surface area contributed by atoms with Crippen molar-refractivity contribution in [1.82, 2.24) is 19.6 Å². The van der Waals surface area contributed by atoms with Crippen molar-refractivity contribution in [2.24, 2.45) is 0 Å². The number of nitrogens with zero attached hydrogens (tertiary/aromatic N) is 4. The molecule has 6 nitrogen and oxygen atoms in total. The molecule has 0 fully saturated rings. The monoisotopic (exact) mass is 425 g/mol. The second-order valence-corrected chi connectivity index (χ2v) is 6.68. The number of nitrogens with one attached hydrogen (secondary N) is 1. The predicted octanol–water partition coefficient (Wildman–Crippen LogP) is 3.63. The fraction of sp³-hybridized carbons (Fsp3) is 0.188. The molecule has 1 aromatic carbocycles. The van der Waals surface area contributed by atoms with Gasteiger partial charge >= 0.3 is 0 Å². The summed E-state index contributed by atoms with van der Waals surface area (Å²) in [7, 11) is 0. The second-order valence-electron chi connectivity index (χ2n) is 5.42. The van der Waals surface area contributed by atoms with Crippen LogP contribution in [0.3, 0.4) is 0 Å². The molecule has 0 bridgehead atoms. The number of carbonyl (C=O) groups excluding carboxylic acids is 1. The molecule has 0 unspecified atom stereocenters. The smallest absolute Gasteiger partial charge is 0.247 e. The molecule has 0 saturated heterocycles. The van der Waals surface area contributed by atoms with Gasteiger partial charge in [0.05, 0.1) is 22.9 Å². The molecule has 2 heterocycles. The first kappa shape index (κ1) is 17.6. The third-order valence-corrected chi connectivity index (χ3v) is 4.72. The van der Waals surface area contributed by atoms with Gasteiger partial charge in [0.15, 0.2) is 5.82 Å². The number of carbonyl (C=O) groups is 1. The molecule has 1 N–H and O–H groups in total. The standard InChI is InChI=1S/C16H14BrClFN5O/c1-10-13(17)7-20-24(10)9-16(25)21-15-4-5-23(22-15)8-11-2-3-12(19)6-14(11)18/h2-7H,8-9H2,1H3,(H,21,22,25). The zero-order valence-corrected chi connectivity index (χ0v) is 15.6. The molecular formula is C16H14BrClFN5O. The molecule has 9 heteroatoms. The molecule has 0 radical (unpaired) electrons. The Hall–Kier alpha value is -2.19. The second kappa shape index (κ2) is 7.37. The van der Waals surface area contributed by atoms with E-state index in [0.717, 1.165) is 15.7 Å². The minimum absolute atomic E-state index is 0.0914. The summed E-state index contributed by atoms with van der Waals surface area (Å²) in [6, 6.07) is 5.89. The van der Waals surface area contributed by atoms with E-state index in [2.05, 4.69) is 31.4 Å². The van der Waals surface area contributed by atoms with Crippen molar-refractivity contribution < 1.29 is 9.18 Å². The van der Waals surface area contributed by atoms with Gasteiger partial charge in [-0.1, -0.05) is 17.7 Å². The predicted molar refractivity (Wildman–Crippen MR) is 96.0 cm³/mol. The number of aromatic nitrogens is 4. The van der Waals surface area contributed by atoms with Gasteiger partial charge in [-0.15, -0.1) is 0 Å². The van der Waals surface area contributed by atoms with Crippen LogP contribution in [0.25, 0.3) is 0 Å². The summed E-state index contributed by atoms with van der Waals surface area (Å²) in [5, 5.41) is 11.4. The van der Waals surface area contributed by atoms with Gasteiger partial charge in [0.1, 0.15) is 12.4 Å². The lowest BCUT2D eigenvalue weighted by Crippen LogP contribution is -2.20. The maximum absolute atomic E-state index is 13.1. The Balaban J connectivity index is 1.63. The average molecular weight is 427 g/mol. The van der Waals surface area contributed by atoms with Gasteiger partial charge in [0.25, 0.3) is 0 Å². The maximum atomic E-state index is 13.1. The van der Waals surface area contributed by atoms with Crippen LogP contribution >= 0.6 is 27.5 Å². The van der Waals surface area contributed by atoms with Crippen molar-refractivity contribution in [1.29, 1.82) is 0 Å². The minimum atomic E-state index is -0.386. The van der Waals surface area contributed by atoms with Crippen LogP contribution in [0.2, 0.25) is 5.02 Å². The average Bonchev–Trinajstić information content (AvgIpc) is 3.11. The third-order valence-electron chi connectivity index (χ3n) is 3.59. The van der Waals surface area contributed by atoms with Crippen molar-refractivity contribution >= 4 is 39.3 Å². The van der Waals surface area contributed by atoms with E-state index in [4.69, 9.17) is 11.6 Å². The highest BCUT2D eigenvalue weighted by atomic mass is 79.9. The summed E-state index contributed by atoms with van der Waals surface area (Å²) in [5.41, 5.74) is 1.60. The summed E-state index contributed by atoms with van der Waals surface area (Å²) >= 11 is 9.37. The number of hydrogen-bond acceptors (Lipinski definition) is 3. The molecule has 25 heavy (non-hydrogen) atoms. The Bertz CT molecular complexity index is 923. The van der Waals surface area contributed by atoms with E-state index in [-0.39, 0.29) is 18.3 Å². The van der Waals surface area contributed by atoms with Gasteiger partial charge in [0, 0.05) is 17.3 Å². The molecule has 0 atom stereocenters. The lowest BCUT2D eigenvalue weighted by Gasteiger charge is -2.06. The highest BCUT2D eigenvalue weighted by Gasteiger charge is 2.11. The Kier molecular flexibility index (Phi) is 5.19. The largest absolute Gasteiger partial charge is 0.308 e. The van der Waals surface area contributed by atoms with Crippen LogP contribution in [0.4, 0.5) is 10.2 Å². The van der Waals surface area contributed by atoms with E-state index >= 15 is 0 Å². The number of amides is 1. The highest BCUT2D eigenvalue weighted by Crippen LogP contribution is 2.19. The first-order valence-electron chi connectivity index (χ1n) is 7.37. The molecular weight excluding hydrogens is 413 g/mol. The van der Waals surface area contributed by atoms with E-state index in [1.165, 1.54) is 12.1 Å². The number of benzene rings is 1. The van der Waals surface area contributed by atoms with Gasteiger partial charge in [-0.05, 0) is 40.5 Å². The van der Waals surface area contributed by atoms with Crippen molar-refractivity contribution in [3.8, 4) is 0 Å². The topological polar surface area (TPSA) is 64.7 Å². The number of anilines is 1. The summed E-state index contributed by atoms with van der Waals surface area (Å²) in [6.07, 6.45) is 3.36. The molecule has 0 aliphatic rings. The Labute approximate surface area is 156 Å². The zero-order chi connectivity index (χ0) is 18.0. The van der Waals surface area contributed by atoms with Crippen LogP contribution in [0, 0.1) is 12.7 Å². The van der Waals surface area contributed by atoms with Gasteiger partial charge in [-0.3, -0.25) is 14.2 Å². The molecule has 0 aliphatic heterocycles. The Morgan fingerprint density at radius 1 is 1.40 bits per heavy atom. The highest BCUT2D eigenvalue weighted by molar-refractivity contribution is 9.10. The van der Waals surface area contributed by atoms with Crippen molar-refractivity contribution in [2.75, 3.05) is 5.32 Å². The van der Waals surface area contributed by atoms with Gasteiger partial charge in [-0.25, -0.2) is 4.39 Å². The molecule has 2 aromatic heterocycles. The Morgan fingerprint density at radius 3 is 2.88 bits per heavy atom. The third kappa shape index (κ3) is 4.26. The fourth-order valence-electron chi connectivity index (χ4n) is 2.24. The fourth-order valence-corrected chi connectivity index (χ4v) is 2.77. The van der Waals surface area contributed by atoms with E-state index in [9.17, 15) is 9.18 Å². The van der Waals surface area contributed by atoms with Crippen LogP contribution in [-0.2, 0) is 17.9 Å². The number of hydrogen-bond donors (Lipinski definition) is 1.